The molecule has 0 bridgehead atoms. The van der Waals surface area contributed by atoms with E-state index < -0.39 is 0 Å². The van der Waals surface area contributed by atoms with Crippen molar-refractivity contribution >= 4 is 17.3 Å². The molecule has 2 aromatic rings. The van der Waals surface area contributed by atoms with Crippen molar-refractivity contribution in [3.63, 3.8) is 0 Å². The van der Waals surface area contributed by atoms with E-state index >= 15 is 0 Å². The molecular weight excluding hydrogens is 284 g/mol. The van der Waals surface area contributed by atoms with Crippen molar-refractivity contribution in [1.29, 1.82) is 0 Å². The predicted octanol–water partition coefficient (Wildman–Crippen LogP) is 3.44. The summed E-state index contributed by atoms with van der Waals surface area (Å²) >= 11 is 6.25. The van der Waals surface area contributed by atoms with Gasteiger partial charge >= 0.3 is 0 Å². The van der Waals surface area contributed by atoms with Gasteiger partial charge in [0, 0.05) is 24.6 Å². The van der Waals surface area contributed by atoms with Gasteiger partial charge in [0.1, 0.15) is 0 Å². The van der Waals surface area contributed by atoms with Crippen molar-refractivity contribution in [1.82, 2.24) is 9.97 Å². The summed E-state index contributed by atoms with van der Waals surface area (Å²) in [5.74, 6) is 1.22. The first-order valence-corrected chi connectivity index (χ1v) is 7.73. The van der Waals surface area contributed by atoms with Crippen LogP contribution in [0.2, 0.25) is 5.02 Å². The van der Waals surface area contributed by atoms with Gasteiger partial charge in [-0.1, -0.05) is 30.2 Å². The van der Waals surface area contributed by atoms with Crippen LogP contribution in [0.5, 0.6) is 0 Å². The maximum Gasteiger partial charge on any atom is 0.161 e. The molecule has 0 unspecified atom stereocenters. The number of aromatic nitrogens is 2. The monoisotopic (exact) mass is 302 g/mol. The second-order valence-electron chi connectivity index (χ2n) is 5.32. The van der Waals surface area contributed by atoms with Gasteiger partial charge in [-0.3, -0.25) is 0 Å². The highest BCUT2D eigenvalue weighted by Crippen LogP contribution is 2.39. The van der Waals surface area contributed by atoms with E-state index in [0.29, 0.717) is 23.3 Å². The average Bonchev–Trinajstić information content (AvgIpc) is 2.45. The Kier molecular flexibility index (Phi) is 4.36. The lowest BCUT2D eigenvalue weighted by atomic mass is 9.82. The third-order valence-electron chi connectivity index (χ3n) is 3.88. The van der Waals surface area contributed by atoms with Crippen LogP contribution in [0.4, 0.5) is 5.69 Å². The summed E-state index contributed by atoms with van der Waals surface area (Å²) in [6, 6.07) is 7.68. The Morgan fingerprint density at radius 2 is 2.10 bits per heavy atom. The smallest absolute Gasteiger partial charge is 0.161 e. The van der Waals surface area contributed by atoms with Gasteiger partial charge in [-0.15, -0.1) is 0 Å². The Bertz CT molecular complexity index is 625. The van der Waals surface area contributed by atoms with Crippen LogP contribution in [0.3, 0.4) is 0 Å². The minimum Gasteiger partial charge on any atom is -0.381 e. The number of anilines is 1. The lowest BCUT2D eigenvalue weighted by molar-refractivity contribution is 0.412. The molecule has 0 saturated heterocycles. The van der Waals surface area contributed by atoms with Crippen molar-refractivity contribution in [3.05, 3.63) is 41.2 Å². The molecule has 0 atom stereocenters. The molecule has 1 aromatic heterocycles. The fourth-order valence-electron chi connectivity index (χ4n) is 2.50. The Balaban J connectivity index is 1.98. The highest BCUT2D eigenvalue weighted by Gasteiger charge is 2.25. The van der Waals surface area contributed by atoms with Crippen molar-refractivity contribution in [2.75, 3.05) is 18.4 Å². The fourth-order valence-corrected chi connectivity index (χ4v) is 2.72. The minimum atomic E-state index is 0.523. The molecule has 1 fully saturated rings. The topological polar surface area (TPSA) is 63.8 Å². The Morgan fingerprint density at radius 1 is 1.29 bits per heavy atom. The van der Waals surface area contributed by atoms with Crippen LogP contribution in [0, 0.1) is 0 Å². The van der Waals surface area contributed by atoms with Gasteiger partial charge in [0.15, 0.2) is 5.82 Å². The van der Waals surface area contributed by atoms with Gasteiger partial charge in [0.25, 0.3) is 0 Å². The third kappa shape index (κ3) is 3.01. The molecule has 1 aliphatic carbocycles. The SMILES string of the molecule is NCCNc1cnc(-c2ccccc2Cl)nc1C1CCC1. The summed E-state index contributed by atoms with van der Waals surface area (Å²) in [5, 5.41) is 4.00. The normalized spacial score (nSPS) is 14.8. The number of rotatable bonds is 5. The number of hydrogen-bond acceptors (Lipinski definition) is 4. The molecule has 3 N–H and O–H groups in total. The minimum absolute atomic E-state index is 0.523. The van der Waals surface area contributed by atoms with Crippen molar-refractivity contribution in [3.8, 4) is 11.4 Å². The summed E-state index contributed by atoms with van der Waals surface area (Å²) in [4.78, 5) is 9.25. The van der Waals surface area contributed by atoms with E-state index in [1.165, 1.54) is 19.3 Å². The number of nitrogens with zero attached hydrogens (tertiary/aromatic N) is 2. The Morgan fingerprint density at radius 3 is 2.76 bits per heavy atom. The number of hydrogen-bond donors (Lipinski definition) is 2. The molecule has 1 aromatic carbocycles. The van der Waals surface area contributed by atoms with Crippen LogP contribution in [0.15, 0.2) is 30.5 Å². The molecule has 5 heteroatoms. The van der Waals surface area contributed by atoms with Gasteiger partial charge in [-0.2, -0.15) is 0 Å². The van der Waals surface area contributed by atoms with E-state index in [1.54, 1.807) is 0 Å². The lowest BCUT2D eigenvalue weighted by Crippen LogP contribution is -2.18. The number of nitrogens with two attached hydrogens (primary N) is 1. The van der Waals surface area contributed by atoms with Crippen LogP contribution in [0.25, 0.3) is 11.4 Å². The molecule has 3 rings (SSSR count). The van der Waals surface area contributed by atoms with Crippen LogP contribution in [-0.2, 0) is 0 Å². The van der Waals surface area contributed by atoms with Crippen LogP contribution < -0.4 is 11.1 Å². The average molecular weight is 303 g/mol. The third-order valence-corrected chi connectivity index (χ3v) is 4.21. The highest BCUT2D eigenvalue weighted by molar-refractivity contribution is 6.33. The van der Waals surface area contributed by atoms with Crippen molar-refractivity contribution in [2.24, 2.45) is 5.73 Å². The van der Waals surface area contributed by atoms with Gasteiger partial charge in [-0.05, 0) is 25.0 Å². The van der Waals surface area contributed by atoms with E-state index in [0.717, 1.165) is 23.5 Å². The zero-order valence-electron chi connectivity index (χ0n) is 11.8. The first-order chi connectivity index (χ1) is 10.3. The second kappa shape index (κ2) is 6.41. The Hall–Kier alpha value is -1.65. The van der Waals surface area contributed by atoms with E-state index in [2.05, 4.69) is 10.3 Å². The molecule has 1 aliphatic rings. The molecular formula is C16H19ClN4. The first kappa shape index (κ1) is 14.3. The molecule has 0 aliphatic heterocycles. The van der Waals surface area contributed by atoms with Gasteiger partial charge < -0.3 is 11.1 Å². The lowest BCUT2D eigenvalue weighted by Gasteiger charge is -2.27. The zero-order valence-corrected chi connectivity index (χ0v) is 12.6. The Labute approximate surface area is 129 Å². The van der Waals surface area contributed by atoms with Crippen molar-refractivity contribution < 1.29 is 0 Å². The highest BCUT2D eigenvalue weighted by atomic mass is 35.5. The van der Waals surface area contributed by atoms with E-state index in [-0.39, 0.29) is 0 Å². The van der Waals surface area contributed by atoms with Crippen molar-refractivity contribution in [2.45, 2.75) is 25.2 Å². The van der Waals surface area contributed by atoms with E-state index in [9.17, 15) is 0 Å². The fraction of sp³-hybridized carbons (Fsp3) is 0.375. The quantitative estimate of drug-likeness (QED) is 0.888. The summed E-state index contributed by atoms with van der Waals surface area (Å²) in [6.45, 7) is 1.32. The van der Waals surface area contributed by atoms with Crippen LogP contribution in [0.1, 0.15) is 30.9 Å². The molecule has 110 valence electrons. The van der Waals surface area contributed by atoms with E-state index in [4.69, 9.17) is 22.3 Å². The molecule has 1 saturated carbocycles. The summed E-state index contributed by atoms with van der Waals surface area (Å²) < 4.78 is 0. The predicted molar refractivity (Wildman–Crippen MR) is 86.6 cm³/mol. The number of nitrogens with one attached hydrogen (secondary N) is 1. The largest absolute Gasteiger partial charge is 0.381 e. The molecule has 0 spiro atoms. The summed E-state index contributed by atoms with van der Waals surface area (Å²) in [7, 11) is 0. The molecule has 0 amide bonds. The van der Waals surface area contributed by atoms with Crippen LogP contribution >= 0.6 is 11.6 Å². The summed E-state index contributed by atoms with van der Waals surface area (Å²) in [6.07, 6.45) is 5.51. The summed E-state index contributed by atoms with van der Waals surface area (Å²) in [5.41, 5.74) is 8.55. The second-order valence-corrected chi connectivity index (χ2v) is 5.72. The molecule has 4 nitrogen and oxygen atoms in total. The van der Waals surface area contributed by atoms with Gasteiger partial charge in [0.2, 0.25) is 0 Å². The zero-order chi connectivity index (χ0) is 14.7. The molecule has 1 heterocycles. The number of halogens is 1. The van der Waals surface area contributed by atoms with Gasteiger partial charge in [0.05, 0.1) is 22.6 Å². The molecule has 0 radical (unpaired) electrons. The standard InChI is InChI=1S/C16H19ClN4/c17-13-7-2-1-6-12(13)16-20-10-14(19-9-8-18)15(21-16)11-4-3-5-11/h1-2,6-7,10-11,19H,3-5,8-9,18H2. The first-order valence-electron chi connectivity index (χ1n) is 7.35. The van der Waals surface area contributed by atoms with Crippen LogP contribution in [-0.4, -0.2) is 23.1 Å². The van der Waals surface area contributed by atoms with E-state index in [1.807, 2.05) is 30.5 Å². The maximum atomic E-state index is 6.25. The molecule has 21 heavy (non-hydrogen) atoms. The van der Waals surface area contributed by atoms with Gasteiger partial charge in [-0.25, -0.2) is 9.97 Å². The maximum absolute atomic E-state index is 6.25. The number of benzene rings is 1.